The molecular formula is C26H35N3O2. The molecule has 1 aromatic carbocycles. The van der Waals surface area contributed by atoms with Crippen LogP contribution in [-0.4, -0.2) is 17.9 Å². The lowest BCUT2D eigenvalue weighted by Crippen LogP contribution is -2.44. The number of rotatable bonds is 7. The number of nitrogens with one attached hydrogen (secondary N) is 3. The van der Waals surface area contributed by atoms with Gasteiger partial charge in [-0.05, 0) is 55.9 Å². The summed E-state index contributed by atoms with van der Waals surface area (Å²) in [7, 11) is 0. The number of hydrogen-bond acceptors (Lipinski definition) is 3. The molecule has 166 valence electrons. The van der Waals surface area contributed by atoms with E-state index in [4.69, 9.17) is 0 Å². The second-order valence-corrected chi connectivity index (χ2v) is 8.79. The quantitative estimate of drug-likeness (QED) is 0.404. The van der Waals surface area contributed by atoms with E-state index in [1.165, 1.54) is 32.1 Å². The minimum absolute atomic E-state index is 0.0179. The summed E-state index contributed by atoms with van der Waals surface area (Å²) in [5.74, 6) is 0.247. The Morgan fingerprint density at radius 1 is 1.16 bits per heavy atom. The fraction of sp³-hybridized carbons (Fsp3) is 0.462. The van der Waals surface area contributed by atoms with E-state index in [2.05, 4.69) is 29.1 Å². The van der Waals surface area contributed by atoms with Crippen molar-refractivity contribution >= 4 is 23.2 Å². The Bertz CT molecular complexity index is 892. The van der Waals surface area contributed by atoms with Crippen LogP contribution in [0.5, 0.6) is 0 Å². The molecule has 5 nitrogen and oxygen atoms in total. The van der Waals surface area contributed by atoms with Gasteiger partial charge in [0.2, 0.25) is 5.91 Å². The Balaban J connectivity index is 1.79. The first-order chi connectivity index (χ1) is 14.9. The van der Waals surface area contributed by atoms with Gasteiger partial charge in [0.25, 0.3) is 5.91 Å². The summed E-state index contributed by atoms with van der Waals surface area (Å²) in [5.41, 5.74) is 4.86. The summed E-state index contributed by atoms with van der Waals surface area (Å²) in [5, 5.41) is 9.55. The first-order valence-corrected chi connectivity index (χ1v) is 11.4. The van der Waals surface area contributed by atoms with Crippen LogP contribution in [0, 0.1) is 5.92 Å². The molecule has 1 saturated carbocycles. The van der Waals surface area contributed by atoms with Gasteiger partial charge in [0.15, 0.2) is 0 Å². The Labute approximate surface area is 186 Å². The van der Waals surface area contributed by atoms with Gasteiger partial charge >= 0.3 is 0 Å². The Morgan fingerprint density at radius 3 is 2.48 bits per heavy atom. The fourth-order valence-corrected chi connectivity index (χ4v) is 4.66. The molecule has 1 fully saturated rings. The molecular weight excluding hydrogens is 386 g/mol. The smallest absolute Gasteiger partial charge is 0.251 e. The van der Waals surface area contributed by atoms with Crippen LogP contribution in [-0.2, 0) is 16.0 Å². The number of hydrogen-bond donors (Lipinski definition) is 3. The van der Waals surface area contributed by atoms with Crippen molar-refractivity contribution in [3.8, 4) is 0 Å². The van der Waals surface area contributed by atoms with Gasteiger partial charge in [-0.1, -0.05) is 57.4 Å². The summed E-state index contributed by atoms with van der Waals surface area (Å²) < 4.78 is 0. The van der Waals surface area contributed by atoms with E-state index in [0.717, 1.165) is 41.1 Å². The summed E-state index contributed by atoms with van der Waals surface area (Å²) in [4.78, 5) is 24.7. The summed E-state index contributed by atoms with van der Waals surface area (Å²) >= 11 is 0. The SMILES string of the molecule is C=C(C)/C(=C\C)C(=O)NC(C(=C)Nc1ccc2c(c1)NC(=O)C2)C1CCCCCCC1. The minimum atomic E-state index is -0.178. The van der Waals surface area contributed by atoms with E-state index in [-0.39, 0.29) is 17.9 Å². The number of fused-ring (bicyclic) bond motifs is 1. The first kappa shape index (κ1) is 22.9. The third-order valence-electron chi connectivity index (χ3n) is 6.32. The van der Waals surface area contributed by atoms with E-state index >= 15 is 0 Å². The summed E-state index contributed by atoms with van der Waals surface area (Å²) in [6.45, 7) is 12.0. The van der Waals surface area contributed by atoms with Crippen molar-refractivity contribution in [1.29, 1.82) is 0 Å². The van der Waals surface area contributed by atoms with Crippen molar-refractivity contribution in [3.63, 3.8) is 0 Å². The fourth-order valence-electron chi connectivity index (χ4n) is 4.66. The lowest BCUT2D eigenvalue weighted by molar-refractivity contribution is -0.118. The van der Waals surface area contributed by atoms with E-state index in [9.17, 15) is 9.59 Å². The largest absolute Gasteiger partial charge is 0.358 e. The molecule has 1 atom stereocenters. The zero-order chi connectivity index (χ0) is 22.4. The number of amides is 2. The standard InChI is InChI=1S/C26H35N3O2/c1-5-22(17(2)3)26(31)29-25(19-11-9-7-6-8-10-12-19)18(4)27-21-14-13-20-15-24(30)28-23(20)16-21/h5,13-14,16,19,25,27H,2,4,6-12,15H2,1,3H3,(H,28,30)(H,29,31)/b22-5+. The second-order valence-electron chi connectivity index (χ2n) is 8.79. The highest BCUT2D eigenvalue weighted by molar-refractivity contribution is 6.00. The number of anilines is 2. The maximum absolute atomic E-state index is 13.0. The van der Waals surface area contributed by atoms with E-state index in [0.29, 0.717) is 17.9 Å². The Kier molecular flexibility index (Phi) is 7.72. The monoisotopic (exact) mass is 421 g/mol. The lowest BCUT2D eigenvalue weighted by atomic mass is 9.84. The molecule has 1 unspecified atom stereocenters. The molecule has 3 rings (SSSR count). The highest BCUT2D eigenvalue weighted by Gasteiger charge is 2.28. The molecule has 5 heteroatoms. The maximum atomic E-state index is 13.0. The molecule has 31 heavy (non-hydrogen) atoms. The molecule has 0 aromatic heterocycles. The second kappa shape index (κ2) is 10.5. The van der Waals surface area contributed by atoms with Crippen LogP contribution in [0.25, 0.3) is 0 Å². The molecule has 3 N–H and O–H groups in total. The van der Waals surface area contributed by atoms with Crippen molar-refractivity contribution in [2.75, 3.05) is 10.6 Å². The average Bonchev–Trinajstić information content (AvgIpc) is 3.06. The van der Waals surface area contributed by atoms with E-state index < -0.39 is 0 Å². The van der Waals surface area contributed by atoms with Crippen molar-refractivity contribution < 1.29 is 9.59 Å². The first-order valence-electron chi connectivity index (χ1n) is 11.4. The van der Waals surface area contributed by atoms with Gasteiger partial charge < -0.3 is 16.0 Å². The number of allylic oxidation sites excluding steroid dienone is 1. The topological polar surface area (TPSA) is 70.2 Å². The zero-order valence-electron chi connectivity index (χ0n) is 18.9. The molecule has 0 bridgehead atoms. The van der Waals surface area contributed by atoms with Gasteiger partial charge in [0, 0.05) is 22.6 Å². The number of benzene rings is 1. The number of carbonyl (C=O) groups excluding carboxylic acids is 2. The zero-order valence-corrected chi connectivity index (χ0v) is 18.9. The van der Waals surface area contributed by atoms with Crippen molar-refractivity contribution in [1.82, 2.24) is 5.32 Å². The molecule has 2 amide bonds. The molecule has 0 saturated heterocycles. The van der Waals surface area contributed by atoms with Crippen LogP contribution in [0.1, 0.15) is 64.4 Å². The van der Waals surface area contributed by atoms with Crippen LogP contribution in [0.4, 0.5) is 11.4 Å². The summed E-state index contributed by atoms with van der Waals surface area (Å²) in [6.07, 6.45) is 10.5. The van der Waals surface area contributed by atoms with Crippen LogP contribution >= 0.6 is 0 Å². The van der Waals surface area contributed by atoms with Crippen LogP contribution in [0.15, 0.2) is 54.3 Å². The van der Waals surface area contributed by atoms with Crippen molar-refractivity contribution in [3.05, 3.63) is 59.8 Å². The predicted octanol–water partition coefficient (Wildman–Crippen LogP) is 5.47. The predicted molar refractivity (Wildman–Crippen MR) is 128 cm³/mol. The Morgan fingerprint density at radius 2 is 1.84 bits per heavy atom. The third-order valence-corrected chi connectivity index (χ3v) is 6.32. The highest BCUT2D eigenvalue weighted by atomic mass is 16.2. The van der Waals surface area contributed by atoms with E-state index in [1.807, 2.05) is 38.1 Å². The van der Waals surface area contributed by atoms with Crippen LogP contribution in [0.3, 0.4) is 0 Å². The van der Waals surface area contributed by atoms with Gasteiger partial charge in [-0.15, -0.1) is 0 Å². The summed E-state index contributed by atoms with van der Waals surface area (Å²) in [6, 6.07) is 5.69. The molecule has 1 aromatic rings. The molecule has 2 aliphatic rings. The molecule has 1 heterocycles. The highest BCUT2D eigenvalue weighted by Crippen LogP contribution is 2.31. The van der Waals surface area contributed by atoms with Gasteiger partial charge in [-0.2, -0.15) is 0 Å². The van der Waals surface area contributed by atoms with Gasteiger partial charge in [-0.25, -0.2) is 0 Å². The molecule has 1 aliphatic heterocycles. The minimum Gasteiger partial charge on any atom is -0.358 e. The normalized spacial score (nSPS) is 18.3. The van der Waals surface area contributed by atoms with Gasteiger partial charge in [0.05, 0.1) is 12.5 Å². The lowest BCUT2D eigenvalue weighted by Gasteiger charge is -2.32. The van der Waals surface area contributed by atoms with Crippen LogP contribution < -0.4 is 16.0 Å². The van der Waals surface area contributed by atoms with Crippen molar-refractivity contribution in [2.24, 2.45) is 5.92 Å². The number of carbonyl (C=O) groups is 2. The molecule has 0 radical (unpaired) electrons. The third kappa shape index (κ3) is 5.87. The Hall–Kier alpha value is -2.82. The molecule has 0 spiro atoms. The molecule has 1 aliphatic carbocycles. The van der Waals surface area contributed by atoms with Gasteiger partial charge in [0.1, 0.15) is 0 Å². The maximum Gasteiger partial charge on any atom is 0.251 e. The van der Waals surface area contributed by atoms with E-state index in [1.54, 1.807) is 0 Å². The van der Waals surface area contributed by atoms with Crippen molar-refractivity contribution in [2.45, 2.75) is 71.3 Å². The van der Waals surface area contributed by atoms with Crippen LogP contribution in [0.2, 0.25) is 0 Å². The average molecular weight is 422 g/mol. The van der Waals surface area contributed by atoms with Gasteiger partial charge in [-0.3, -0.25) is 9.59 Å².